The highest BCUT2D eigenvalue weighted by Gasteiger charge is 2.07. The highest BCUT2D eigenvalue weighted by Crippen LogP contribution is 2.13. The molecular formula is C18H18F2N2O3. The first kappa shape index (κ1) is 18.4. The Bertz CT molecular complexity index is 748. The summed E-state index contributed by atoms with van der Waals surface area (Å²) in [5, 5.41) is 5.52. The maximum atomic E-state index is 13.1. The van der Waals surface area contributed by atoms with Gasteiger partial charge in [-0.05, 0) is 49.4 Å². The van der Waals surface area contributed by atoms with Gasteiger partial charge in [-0.25, -0.2) is 13.6 Å². The van der Waals surface area contributed by atoms with E-state index in [9.17, 15) is 18.4 Å². The van der Waals surface area contributed by atoms with Crippen molar-refractivity contribution in [3.05, 3.63) is 59.7 Å². The molecule has 2 aromatic carbocycles. The number of hydrogen-bond donors (Lipinski definition) is 2. The molecule has 0 radical (unpaired) electrons. The van der Waals surface area contributed by atoms with E-state index in [0.717, 1.165) is 12.1 Å². The fraction of sp³-hybridized carbons (Fsp3) is 0.222. The van der Waals surface area contributed by atoms with Gasteiger partial charge in [0.1, 0.15) is 0 Å². The van der Waals surface area contributed by atoms with Crippen molar-refractivity contribution in [2.24, 2.45) is 0 Å². The smallest absolute Gasteiger partial charge is 0.338 e. The van der Waals surface area contributed by atoms with Crippen LogP contribution in [0.5, 0.6) is 0 Å². The van der Waals surface area contributed by atoms with E-state index >= 15 is 0 Å². The molecule has 0 aliphatic carbocycles. The Hall–Kier alpha value is -2.96. The summed E-state index contributed by atoms with van der Waals surface area (Å²) in [6, 6.07) is 9.77. The zero-order valence-corrected chi connectivity index (χ0v) is 13.6. The lowest BCUT2D eigenvalue weighted by Gasteiger charge is -2.08. The normalized spacial score (nSPS) is 10.2. The first-order chi connectivity index (χ1) is 12.0. The van der Waals surface area contributed by atoms with Gasteiger partial charge in [-0.2, -0.15) is 0 Å². The predicted molar refractivity (Wildman–Crippen MR) is 90.5 cm³/mol. The summed E-state index contributed by atoms with van der Waals surface area (Å²) in [5.74, 6) is -2.54. The van der Waals surface area contributed by atoms with Gasteiger partial charge < -0.3 is 15.4 Å². The average Bonchev–Trinajstić information content (AvgIpc) is 2.59. The van der Waals surface area contributed by atoms with Crippen LogP contribution in [0.1, 0.15) is 23.7 Å². The van der Waals surface area contributed by atoms with E-state index in [1.54, 1.807) is 31.2 Å². The summed E-state index contributed by atoms with van der Waals surface area (Å²) in [5.41, 5.74) is 1.34. The molecular weight excluding hydrogens is 330 g/mol. The minimum atomic E-state index is -0.948. The van der Waals surface area contributed by atoms with Gasteiger partial charge in [-0.1, -0.05) is 0 Å². The van der Waals surface area contributed by atoms with Crippen molar-refractivity contribution in [2.45, 2.75) is 13.3 Å². The van der Waals surface area contributed by atoms with Gasteiger partial charge in [0.25, 0.3) is 0 Å². The van der Waals surface area contributed by atoms with Gasteiger partial charge in [0.05, 0.1) is 12.2 Å². The number of anilines is 2. The van der Waals surface area contributed by atoms with Crippen molar-refractivity contribution in [1.82, 2.24) is 0 Å². The second-order valence-corrected chi connectivity index (χ2v) is 5.15. The Morgan fingerprint density at radius 1 is 1.00 bits per heavy atom. The third-order valence-electron chi connectivity index (χ3n) is 3.28. The van der Waals surface area contributed by atoms with Gasteiger partial charge in [-0.3, -0.25) is 4.79 Å². The van der Waals surface area contributed by atoms with Gasteiger partial charge in [0.15, 0.2) is 11.6 Å². The number of hydrogen-bond acceptors (Lipinski definition) is 4. The van der Waals surface area contributed by atoms with Crippen LogP contribution in [0.2, 0.25) is 0 Å². The van der Waals surface area contributed by atoms with Crippen molar-refractivity contribution in [2.75, 3.05) is 23.8 Å². The van der Waals surface area contributed by atoms with E-state index < -0.39 is 17.6 Å². The number of benzene rings is 2. The van der Waals surface area contributed by atoms with Crippen LogP contribution in [0.4, 0.5) is 20.2 Å². The van der Waals surface area contributed by atoms with Crippen molar-refractivity contribution in [3.63, 3.8) is 0 Å². The van der Waals surface area contributed by atoms with Crippen LogP contribution >= 0.6 is 0 Å². The largest absolute Gasteiger partial charge is 0.462 e. The van der Waals surface area contributed by atoms with E-state index in [1.807, 2.05) is 0 Å². The van der Waals surface area contributed by atoms with E-state index in [2.05, 4.69) is 10.6 Å². The number of halogens is 2. The zero-order valence-electron chi connectivity index (χ0n) is 13.6. The Morgan fingerprint density at radius 2 is 1.68 bits per heavy atom. The van der Waals surface area contributed by atoms with Crippen LogP contribution in [0.15, 0.2) is 42.5 Å². The number of carbonyl (C=O) groups excluding carboxylic acids is 2. The third kappa shape index (κ3) is 5.56. The number of nitrogens with one attached hydrogen (secondary N) is 2. The van der Waals surface area contributed by atoms with Crippen LogP contribution < -0.4 is 10.6 Å². The van der Waals surface area contributed by atoms with Gasteiger partial charge in [0, 0.05) is 24.3 Å². The number of rotatable bonds is 7. The van der Waals surface area contributed by atoms with Crippen LogP contribution in [-0.4, -0.2) is 25.0 Å². The molecule has 1 amide bonds. The van der Waals surface area contributed by atoms with Crippen molar-refractivity contribution < 1.29 is 23.1 Å². The number of ether oxygens (including phenoxy) is 1. The summed E-state index contributed by atoms with van der Waals surface area (Å²) in [6.07, 6.45) is 0.138. The van der Waals surface area contributed by atoms with E-state index in [0.29, 0.717) is 23.5 Å². The standard InChI is InChI=1S/C18H18F2N2O3/c1-2-25-18(24)12-3-5-13(6-4-12)22-17(23)9-10-21-14-7-8-15(19)16(20)11-14/h3-8,11,21H,2,9-10H2,1H3,(H,22,23). The molecule has 132 valence electrons. The molecule has 0 aromatic heterocycles. The number of carbonyl (C=O) groups is 2. The molecule has 0 spiro atoms. The topological polar surface area (TPSA) is 67.4 Å². The number of amides is 1. The summed E-state index contributed by atoms with van der Waals surface area (Å²) in [7, 11) is 0. The molecule has 0 fully saturated rings. The van der Waals surface area contributed by atoms with Crippen LogP contribution in [0.25, 0.3) is 0 Å². The molecule has 0 saturated heterocycles. The molecule has 2 N–H and O–H groups in total. The second-order valence-electron chi connectivity index (χ2n) is 5.15. The van der Waals surface area contributed by atoms with Crippen LogP contribution in [-0.2, 0) is 9.53 Å². The Kier molecular flexibility index (Phi) is 6.45. The summed E-state index contributed by atoms with van der Waals surface area (Å²) in [4.78, 5) is 23.4. The van der Waals surface area contributed by atoms with Crippen molar-refractivity contribution in [3.8, 4) is 0 Å². The van der Waals surface area contributed by atoms with Crippen LogP contribution in [0.3, 0.4) is 0 Å². The van der Waals surface area contributed by atoms with Crippen LogP contribution in [0, 0.1) is 11.6 Å². The monoisotopic (exact) mass is 348 g/mol. The van der Waals surface area contributed by atoms with E-state index in [-0.39, 0.29) is 18.9 Å². The van der Waals surface area contributed by atoms with Gasteiger partial charge in [-0.15, -0.1) is 0 Å². The van der Waals surface area contributed by atoms with Crippen molar-refractivity contribution >= 4 is 23.3 Å². The van der Waals surface area contributed by atoms with E-state index in [4.69, 9.17) is 4.74 Å². The van der Waals surface area contributed by atoms with Gasteiger partial charge >= 0.3 is 5.97 Å². The molecule has 0 unspecified atom stereocenters. The van der Waals surface area contributed by atoms with Gasteiger partial charge in [0.2, 0.25) is 5.91 Å². The Labute approximate surface area is 144 Å². The minimum Gasteiger partial charge on any atom is -0.462 e. The average molecular weight is 348 g/mol. The third-order valence-corrected chi connectivity index (χ3v) is 3.28. The molecule has 0 saturated carbocycles. The lowest BCUT2D eigenvalue weighted by atomic mass is 10.2. The molecule has 25 heavy (non-hydrogen) atoms. The SMILES string of the molecule is CCOC(=O)c1ccc(NC(=O)CCNc2ccc(F)c(F)c2)cc1. The first-order valence-corrected chi connectivity index (χ1v) is 7.75. The Morgan fingerprint density at radius 3 is 2.32 bits per heavy atom. The summed E-state index contributed by atoms with van der Waals surface area (Å²) in [6.45, 7) is 2.28. The lowest BCUT2D eigenvalue weighted by Crippen LogP contribution is -2.16. The maximum Gasteiger partial charge on any atom is 0.338 e. The first-order valence-electron chi connectivity index (χ1n) is 7.75. The summed E-state index contributed by atoms with van der Waals surface area (Å²) < 4.78 is 30.8. The second kappa shape index (κ2) is 8.77. The summed E-state index contributed by atoms with van der Waals surface area (Å²) >= 11 is 0. The molecule has 0 heterocycles. The fourth-order valence-corrected chi connectivity index (χ4v) is 2.05. The molecule has 0 aliphatic rings. The van der Waals surface area contributed by atoms with E-state index in [1.165, 1.54) is 6.07 Å². The Balaban J connectivity index is 1.79. The predicted octanol–water partition coefficient (Wildman–Crippen LogP) is 3.58. The number of esters is 1. The quantitative estimate of drug-likeness (QED) is 0.751. The highest BCUT2D eigenvalue weighted by molar-refractivity contribution is 5.93. The maximum absolute atomic E-state index is 13.1. The van der Waals surface area contributed by atoms with Crippen molar-refractivity contribution in [1.29, 1.82) is 0 Å². The zero-order chi connectivity index (χ0) is 18.2. The molecule has 0 atom stereocenters. The molecule has 0 bridgehead atoms. The fourth-order valence-electron chi connectivity index (χ4n) is 2.05. The lowest BCUT2D eigenvalue weighted by molar-refractivity contribution is -0.115. The highest BCUT2D eigenvalue weighted by atomic mass is 19.2. The molecule has 2 rings (SSSR count). The molecule has 7 heteroatoms. The molecule has 2 aromatic rings. The molecule has 5 nitrogen and oxygen atoms in total. The minimum absolute atomic E-state index is 0.138. The molecule has 0 aliphatic heterocycles.